The second-order valence-electron chi connectivity index (χ2n) is 5.51. The first-order chi connectivity index (χ1) is 11.5. The molecular formula is C18H17N3O3. The number of nitrogens with zero attached hydrogens (tertiary/aromatic N) is 1. The smallest absolute Gasteiger partial charge is 0.253 e. The highest BCUT2D eigenvalue weighted by molar-refractivity contribution is 5.91. The molecule has 0 fully saturated rings. The SMILES string of the molecule is Cc1cc(C)c(CNC(=O)/C=C/c2nc3ccccc3o2)c(=O)[nH]1. The van der Waals surface area contributed by atoms with E-state index in [9.17, 15) is 9.59 Å². The quantitative estimate of drug-likeness (QED) is 0.722. The zero-order chi connectivity index (χ0) is 17.1. The maximum Gasteiger partial charge on any atom is 0.253 e. The van der Waals surface area contributed by atoms with Crippen LogP contribution in [-0.4, -0.2) is 15.9 Å². The van der Waals surface area contributed by atoms with Crippen molar-refractivity contribution >= 4 is 23.1 Å². The Morgan fingerprint density at radius 2 is 2.12 bits per heavy atom. The van der Waals surface area contributed by atoms with E-state index < -0.39 is 0 Å². The van der Waals surface area contributed by atoms with Crippen LogP contribution in [0.2, 0.25) is 0 Å². The second kappa shape index (κ2) is 6.54. The summed E-state index contributed by atoms with van der Waals surface area (Å²) in [6.07, 6.45) is 2.84. The van der Waals surface area contributed by atoms with Crippen LogP contribution in [0.4, 0.5) is 0 Å². The van der Waals surface area contributed by atoms with E-state index in [1.807, 2.05) is 44.2 Å². The number of nitrogens with one attached hydrogen (secondary N) is 2. The second-order valence-corrected chi connectivity index (χ2v) is 5.51. The Morgan fingerprint density at radius 3 is 2.88 bits per heavy atom. The Balaban J connectivity index is 1.66. The number of fused-ring (bicyclic) bond motifs is 1. The highest BCUT2D eigenvalue weighted by atomic mass is 16.3. The van der Waals surface area contributed by atoms with Gasteiger partial charge in [0.2, 0.25) is 11.8 Å². The summed E-state index contributed by atoms with van der Waals surface area (Å²) in [7, 11) is 0. The molecule has 0 atom stereocenters. The van der Waals surface area contributed by atoms with Crippen molar-refractivity contribution in [2.45, 2.75) is 20.4 Å². The number of aromatic amines is 1. The molecular weight excluding hydrogens is 306 g/mol. The molecule has 0 aliphatic carbocycles. The van der Waals surface area contributed by atoms with E-state index in [1.54, 1.807) is 0 Å². The number of hydrogen-bond donors (Lipinski definition) is 2. The summed E-state index contributed by atoms with van der Waals surface area (Å²) in [5.74, 6) is 0.0346. The zero-order valence-electron chi connectivity index (χ0n) is 13.4. The van der Waals surface area contributed by atoms with E-state index in [2.05, 4.69) is 15.3 Å². The molecule has 0 bridgehead atoms. The van der Waals surface area contributed by atoms with Crippen molar-refractivity contribution in [3.63, 3.8) is 0 Å². The standard InChI is InChI=1S/C18H17N3O3/c1-11-9-12(2)20-18(23)13(11)10-19-16(22)7-8-17-21-14-5-3-4-6-15(14)24-17/h3-9H,10H2,1-2H3,(H,19,22)(H,20,23)/b8-7+. The number of rotatable bonds is 4. The lowest BCUT2D eigenvalue weighted by Crippen LogP contribution is -2.26. The van der Waals surface area contributed by atoms with E-state index in [-0.39, 0.29) is 18.0 Å². The molecule has 3 aromatic rings. The Hall–Kier alpha value is -3.15. The summed E-state index contributed by atoms with van der Waals surface area (Å²) in [5, 5.41) is 2.69. The molecule has 0 aliphatic heterocycles. The third-order valence-electron chi connectivity index (χ3n) is 3.62. The number of carbonyl (C=O) groups excluding carboxylic acids is 1. The van der Waals surface area contributed by atoms with Crippen molar-refractivity contribution in [3.05, 3.63) is 69.5 Å². The number of amides is 1. The molecule has 0 aliphatic rings. The van der Waals surface area contributed by atoms with Gasteiger partial charge in [0.25, 0.3) is 5.56 Å². The number of pyridine rings is 1. The van der Waals surface area contributed by atoms with Crippen LogP contribution in [0.3, 0.4) is 0 Å². The molecule has 2 heterocycles. The minimum atomic E-state index is -0.323. The average Bonchev–Trinajstić information content (AvgIpc) is 2.94. The number of hydrogen-bond acceptors (Lipinski definition) is 4. The number of oxazole rings is 1. The number of para-hydroxylation sites is 2. The maximum absolute atomic E-state index is 11.9. The molecule has 0 saturated carbocycles. The van der Waals surface area contributed by atoms with Crippen molar-refractivity contribution in [2.24, 2.45) is 0 Å². The monoisotopic (exact) mass is 323 g/mol. The minimum Gasteiger partial charge on any atom is -0.437 e. The molecule has 1 amide bonds. The van der Waals surface area contributed by atoms with Crippen molar-refractivity contribution in [1.82, 2.24) is 15.3 Å². The van der Waals surface area contributed by atoms with E-state index in [1.165, 1.54) is 12.2 Å². The van der Waals surface area contributed by atoms with Gasteiger partial charge >= 0.3 is 0 Å². The van der Waals surface area contributed by atoms with Gasteiger partial charge in [-0.3, -0.25) is 9.59 Å². The number of benzene rings is 1. The fraction of sp³-hybridized carbons (Fsp3) is 0.167. The molecule has 6 heteroatoms. The van der Waals surface area contributed by atoms with E-state index in [0.29, 0.717) is 17.0 Å². The van der Waals surface area contributed by atoms with Gasteiger partial charge in [0.15, 0.2) is 5.58 Å². The van der Waals surface area contributed by atoms with Crippen LogP contribution in [0.5, 0.6) is 0 Å². The molecule has 0 spiro atoms. The highest BCUT2D eigenvalue weighted by Gasteiger charge is 2.07. The van der Waals surface area contributed by atoms with Gasteiger partial charge in [0.05, 0.1) is 0 Å². The molecule has 122 valence electrons. The van der Waals surface area contributed by atoms with Crippen LogP contribution < -0.4 is 10.9 Å². The predicted molar refractivity (Wildman–Crippen MR) is 91.4 cm³/mol. The lowest BCUT2D eigenvalue weighted by molar-refractivity contribution is -0.116. The minimum absolute atomic E-state index is 0.165. The maximum atomic E-state index is 11.9. The summed E-state index contributed by atoms with van der Waals surface area (Å²) in [6.45, 7) is 3.83. The molecule has 0 unspecified atom stereocenters. The van der Waals surface area contributed by atoms with Gasteiger partial charge in [-0.15, -0.1) is 0 Å². The molecule has 2 N–H and O–H groups in total. The predicted octanol–water partition coefficient (Wildman–Crippen LogP) is 2.46. The van der Waals surface area contributed by atoms with E-state index in [4.69, 9.17) is 4.42 Å². The van der Waals surface area contributed by atoms with Crippen molar-refractivity contribution in [3.8, 4) is 0 Å². The van der Waals surface area contributed by atoms with Gasteiger partial charge in [-0.2, -0.15) is 0 Å². The number of carbonyl (C=O) groups is 1. The number of aryl methyl sites for hydroxylation is 2. The fourth-order valence-electron chi connectivity index (χ4n) is 2.44. The van der Waals surface area contributed by atoms with Crippen molar-refractivity contribution in [1.29, 1.82) is 0 Å². The van der Waals surface area contributed by atoms with Crippen LogP contribution in [-0.2, 0) is 11.3 Å². The summed E-state index contributed by atoms with van der Waals surface area (Å²) >= 11 is 0. The fourth-order valence-corrected chi connectivity index (χ4v) is 2.44. The normalized spacial score (nSPS) is 11.2. The Labute approximate surface area is 138 Å². The molecule has 6 nitrogen and oxygen atoms in total. The van der Waals surface area contributed by atoms with Gasteiger partial charge in [-0.25, -0.2) is 4.98 Å². The lowest BCUT2D eigenvalue weighted by Gasteiger charge is -2.06. The Kier molecular flexibility index (Phi) is 4.29. The summed E-state index contributed by atoms with van der Waals surface area (Å²) < 4.78 is 5.50. The first-order valence-corrected chi connectivity index (χ1v) is 7.54. The molecule has 2 aromatic heterocycles. The molecule has 0 radical (unpaired) electrons. The Morgan fingerprint density at radius 1 is 1.33 bits per heavy atom. The largest absolute Gasteiger partial charge is 0.437 e. The van der Waals surface area contributed by atoms with Crippen LogP contribution in [0.15, 0.2) is 45.6 Å². The molecule has 0 saturated heterocycles. The first kappa shape index (κ1) is 15.7. The molecule has 1 aromatic carbocycles. The summed E-state index contributed by atoms with van der Waals surface area (Å²) in [5.41, 5.74) is 3.40. The molecule has 3 rings (SSSR count). The summed E-state index contributed by atoms with van der Waals surface area (Å²) in [4.78, 5) is 30.8. The highest BCUT2D eigenvalue weighted by Crippen LogP contribution is 2.15. The van der Waals surface area contributed by atoms with Gasteiger partial charge in [0, 0.05) is 30.0 Å². The zero-order valence-corrected chi connectivity index (χ0v) is 13.4. The summed E-state index contributed by atoms with van der Waals surface area (Å²) in [6, 6.07) is 9.24. The van der Waals surface area contributed by atoms with Crippen LogP contribution in [0.25, 0.3) is 17.2 Å². The average molecular weight is 323 g/mol. The number of H-pyrrole nitrogens is 1. The van der Waals surface area contributed by atoms with Crippen molar-refractivity contribution < 1.29 is 9.21 Å². The topological polar surface area (TPSA) is 88.0 Å². The third kappa shape index (κ3) is 3.43. The van der Waals surface area contributed by atoms with Crippen LogP contribution >= 0.6 is 0 Å². The van der Waals surface area contributed by atoms with Gasteiger partial charge in [-0.05, 0) is 37.6 Å². The van der Waals surface area contributed by atoms with E-state index >= 15 is 0 Å². The first-order valence-electron chi connectivity index (χ1n) is 7.54. The molecule has 24 heavy (non-hydrogen) atoms. The van der Waals surface area contributed by atoms with Crippen LogP contribution in [0, 0.1) is 13.8 Å². The van der Waals surface area contributed by atoms with E-state index in [0.717, 1.165) is 16.8 Å². The van der Waals surface area contributed by atoms with Crippen LogP contribution in [0.1, 0.15) is 22.7 Å². The van der Waals surface area contributed by atoms with Gasteiger partial charge in [0.1, 0.15) is 5.52 Å². The van der Waals surface area contributed by atoms with Gasteiger partial charge in [-0.1, -0.05) is 12.1 Å². The Bertz CT molecular complexity index is 950. The third-order valence-corrected chi connectivity index (χ3v) is 3.62. The number of aromatic nitrogens is 2. The van der Waals surface area contributed by atoms with Crippen molar-refractivity contribution in [2.75, 3.05) is 0 Å². The lowest BCUT2D eigenvalue weighted by atomic mass is 10.1. The van der Waals surface area contributed by atoms with Gasteiger partial charge < -0.3 is 14.7 Å².